The van der Waals surface area contributed by atoms with Crippen LogP contribution < -0.4 is 0 Å². The lowest BCUT2D eigenvalue weighted by atomic mass is 9.85. The number of nitrogens with zero attached hydrogens (tertiary/aromatic N) is 4. The van der Waals surface area contributed by atoms with E-state index in [2.05, 4.69) is 182 Å². The summed E-state index contributed by atoms with van der Waals surface area (Å²) in [6.45, 7) is 21.7. The number of unbranched alkanes of at least 4 members (excludes halogenated alkanes) is 3. The zero-order valence-corrected chi connectivity index (χ0v) is 56.4. The van der Waals surface area contributed by atoms with E-state index in [1.165, 1.54) is 39.9 Å². The summed E-state index contributed by atoms with van der Waals surface area (Å²) in [5.41, 5.74) is 19.1. The van der Waals surface area contributed by atoms with Gasteiger partial charge in [0.25, 0.3) is 0 Å². The smallest absolute Gasteiger partial charge is 0.321 e. The van der Waals surface area contributed by atoms with E-state index in [1.54, 1.807) is 0 Å². The summed E-state index contributed by atoms with van der Waals surface area (Å²) in [5.74, 6) is -3.74. The zero-order chi connectivity index (χ0) is 63.9. The summed E-state index contributed by atoms with van der Waals surface area (Å²) in [6.07, 6.45) is 8.26. The minimum absolute atomic E-state index is 0.195. The van der Waals surface area contributed by atoms with Gasteiger partial charge in [-0.1, -0.05) is 151 Å². The fourth-order valence-electron chi connectivity index (χ4n) is 13.5. The Bertz CT molecular complexity index is 4330. The van der Waals surface area contributed by atoms with Crippen molar-refractivity contribution < 1.29 is 28.7 Å². The van der Waals surface area contributed by atoms with E-state index in [1.807, 2.05) is 48.5 Å². The fraction of sp³-hybridized carbons (Fsp3) is 0.351. The third kappa shape index (κ3) is 11.6. The molecule has 0 fully saturated rings. The van der Waals surface area contributed by atoms with Crippen molar-refractivity contribution in [3.8, 4) is 22.3 Å². The number of benzene rings is 2. The Morgan fingerprint density at radius 3 is 1.14 bits per heavy atom. The Kier molecular flexibility index (Phi) is 16.3. The number of hydrogen-bond donors (Lipinski definition) is 4. The Morgan fingerprint density at radius 2 is 0.789 bits per heavy atom. The van der Waals surface area contributed by atoms with E-state index in [0.29, 0.717) is 46.1 Å². The highest BCUT2D eigenvalue weighted by Crippen LogP contribution is 2.45. The number of hydrogen-bond acceptors (Lipinski definition) is 10. The molecule has 0 amide bonds. The molecule has 0 unspecified atom stereocenters. The summed E-state index contributed by atoms with van der Waals surface area (Å²) >= 11 is 7.11. The van der Waals surface area contributed by atoms with E-state index in [4.69, 9.17) is 29.4 Å². The van der Waals surface area contributed by atoms with Crippen molar-refractivity contribution in [2.24, 2.45) is 0 Å². The molecule has 14 nitrogen and oxygen atoms in total. The quantitative estimate of drug-likeness (QED) is 0.0676. The van der Waals surface area contributed by atoms with E-state index in [-0.39, 0.29) is 33.2 Å². The van der Waals surface area contributed by atoms with Crippen molar-refractivity contribution in [3.05, 3.63) is 186 Å². The van der Waals surface area contributed by atoms with Gasteiger partial charge in [0.1, 0.15) is 11.8 Å². The summed E-state index contributed by atoms with van der Waals surface area (Å²) in [5, 5.41) is 0. The van der Waals surface area contributed by atoms with Crippen molar-refractivity contribution in [2.75, 3.05) is 14.2 Å². The van der Waals surface area contributed by atoms with Gasteiger partial charge in [-0.3, -0.25) is 39.1 Å². The minimum Gasteiger partial charge on any atom is -0.468 e. The molecule has 14 rings (SSSR count). The fourth-order valence-corrected chi connectivity index (χ4v) is 14.0. The summed E-state index contributed by atoms with van der Waals surface area (Å²) in [4.78, 5) is 87.7. The van der Waals surface area contributed by atoms with Gasteiger partial charge < -0.3 is 29.4 Å². The highest BCUT2D eigenvalue weighted by atomic mass is 79.9. The van der Waals surface area contributed by atoms with E-state index < -0.39 is 23.8 Å². The van der Waals surface area contributed by atoms with Crippen LogP contribution >= 0.6 is 31.9 Å². The van der Waals surface area contributed by atoms with Crippen LogP contribution in [0.2, 0.25) is 0 Å². The number of H-pyrrole nitrogens is 4. The molecule has 462 valence electrons. The highest BCUT2D eigenvalue weighted by molar-refractivity contribution is 9.10. The largest absolute Gasteiger partial charge is 0.468 e. The van der Waals surface area contributed by atoms with Gasteiger partial charge >= 0.3 is 11.9 Å². The van der Waals surface area contributed by atoms with Crippen LogP contribution in [0, 0.1) is 0 Å². The molecule has 4 N–H and O–H groups in total. The Morgan fingerprint density at radius 1 is 0.456 bits per heavy atom. The van der Waals surface area contributed by atoms with Gasteiger partial charge in [0.05, 0.1) is 25.3 Å². The average Bonchev–Trinajstić information content (AvgIpc) is 1.60. The zero-order valence-electron chi connectivity index (χ0n) is 53.2. The molecule has 6 aliphatic rings. The normalized spacial score (nSPS) is 17.7. The van der Waals surface area contributed by atoms with Crippen molar-refractivity contribution in [3.63, 3.8) is 0 Å². The van der Waals surface area contributed by atoms with Crippen LogP contribution in [-0.2, 0) is 66.4 Å². The molecule has 0 radical (unpaired) electrons. The second kappa shape index (κ2) is 23.6. The van der Waals surface area contributed by atoms with Crippen molar-refractivity contribution >= 4 is 99.5 Å². The lowest BCUT2D eigenvalue weighted by molar-refractivity contribution is -0.142. The van der Waals surface area contributed by atoms with E-state index in [9.17, 15) is 19.2 Å². The lowest BCUT2D eigenvalue weighted by Gasteiger charge is -2.17. The molecule has 4 aliphatic heterocycles. The van der Waals surface area contributed by atoms with Crippen LogP contribution in [0.3, 0.4) is 0 Å². The number of Topliss-reactive ketones (excluding diaryl/α,β-unsaturated/α-hetero) is 2. The van der Waals surface area contributed by atoms with Gasteiger partial charge in [0.15, 0.2) is 11.6 Å². The standard InChI is InChI=1S/2C34H31BrN4O3.C6H14/c2*1-33(2)15-21-10-19-11-22(17-6-8-18(35)9-7-17)24(36-19)14-27-34(3,4)16-25(39-27)28-29(32(41)42-5)31(40)23-12-20(38-30(23)28)13-26(33)37-21;1-3-5-6-4-2/h2*6-14,29,36,38H,15-16H2,1-5H3;3-6H2,1-2H3/t2*29-;/m10./s1. The van der Waals surface area contributed by atoms with Gasteiger partial charge in [0.2, 0.25) is 0 Å². The van der Waals surface area contributed by atoms with Gasteiger partial charge in [-0.15, -0.1) is 0 Å². The topological polar surface area (TPSA) is 201 Å². The van der Waals surface area contributed by atoms with Crippen LogP contribution in [0.1, 0.15) is 184 Å². The number of nitrogens with one attached hydrogen (secondary N) is 4. The SMILES string of the molecule is CCCCCC.COC(=O)[C@@H]1C(=O)c2cc3cc4nc(cc5cc(-c6ccc(Br)cc6)c(cc6nc(c1c2[nH]3)CC6(C)C)[nH]5)CC4(C)C.COC(=O)[C@H]1C(=O)c2cc3cc4nc(cc5cc(-c6ccc(Br)cc6)c(cc6nc(c1c2[nH]3)CC6(C)C)[nH]5)CC4(C)C. The number of aromatic amines is 4. The van der Waals surface area contributed by atoms with Crippen molar-refractivity contribution in [1.29, 1.82) is 0 Å². The molecule has 2 aliphatic carbocycles. The van der Waals surface area contributed by atoms with Gasteiger partial charge in [-0.05, 0) is 96.1 Å². The third-order valence-corrected chi connectivity index (χ3v) is 19.5. The number of ether oxygens (including phenoxy) is 2. The molecule has 10 heterocycles. The first kappa shape index (κ1) is 62.1. The number of fused-ring (bicyclic) bond motifs is 16. The predicted octanol–water partition coefficient (Wildman–Crippen LogP) is 17.1. The van der Waals surface area contributed by atoms with Crippen LogP contribution in [0.5, 0.6) is 0 Å². The number of rotatable bonds is 7. The maximum absolute atomic E-state index is 13.7. The van der Waals surface area contributed by atoms with Gasteiger partial charge in [-0.25, -0.2) is 0 Å². The number of methoxy groups -OCH3 is 2. The molecule has 90 heavy (non-hydrogen) atoms. The van der Waals surface area contributed by atoms with E-state index in [0.717, 1.165) is 123 Å². The van der Waals surface area contributed by atoms with Gasteiger partial charge in [0, 0.05) is 168 Å². The number of ketones is 2. The maximum atomic E-state index is 13.7. The Labute approximate surface area is 541 Å². The molecular weight excluding hydrogens is 1260 g/mol. The van der Waals surface area contributed by atoms with Crippen LogP contribution in [0.15, 0.2) is 118 Å². The Hall–Kier alpha value is -8.08. The second-order valence-electron chi connectivity index (χ2n) is 27.3. The molecular formula is C74H76Br2N8O6. The first-order chi connectivity index (χ1) is 42.8. The van der Waals surface area contributed by atoms with Crippen LogP contribution in [0.25, 0.3) is 66.4 Å². The average molecular weight is 1330 g/mol. The van der Waals surface area contributed by atoms with Crippen LogP contribution in [0.4, 0.5) is 0 Å². The number of halogens is 2. The third-order valence-electron chi connectivity index (χ3n) is 18.4. The Balaban J connectivity index is 0.000000160. The number of carbonyl (C=O) groups excluding carboxylic acids is 4. The number of aromatic nitrogens is 8. The first-order valence-electron chi connectivity index (χ1n) is 31.1. The predicted molar refractivity (Wildman–Crippen MR) is 363 cm³/mol. The van der Waals surface area contributed by atoms with E-state index >= 15 is 0 Å². The molecule has 0 spiro atoms. The minimum atomic E-state index is -1.04. The second-order valence-corrected chi connectivity index (χ2v) is 29.1. The molecule has 16 heteroatoms. The molecule has 0 saturated heterocycles. The number of esters is 2. The van der Waals surface area contributed by atoms with Gasteiger partial charge in [-0.2, -0.15) is 0 Å². The monoisotopic (exact) mass is 1330 g/mol. The first-order valence-corrected chi connectivity index (χ1v) is 32.7. The number of carbonyl (C=O) groups is 4. The van der Waals surface area contributed by atoms with Crippen molar-refractivity contribution in [2.45, 2.75) is 154 Å². The molecule has 0 saturated carbocycles. The maximum Gasteiger partial charge on any atom is 0.321 e. The summed E-state index contributed by atoms with van der Waals surface area (Å²) < 4.78 is 12.3. The molecule has 16 bridgehead atoms. The van der Waals surface area contributed by atoms with Crippen LogP contribution in [-0.4, -0.2) is 77.6 Å². The van der Waals surface area contributed by atoms with Crippen molar-refractivity contribution in [1.82, 2.24) is 39.9 Å². The summed E-state index contributed by atoms with van der Waals surface area (Å²) in [6, 6.07) is 37.0. The lowest BCUT2D eigenvalue weighted by Crippen LogP contribution is -2.21. The molecule has 2 atom stereocenters. The highest BCUT2D eigenvalue weighted by Gasteiger charge is 2.45. The molecule has 6 aromatic heterocycles. The molecule has 2 aromatic carbocycles. The molecule has 8 aromatic rings. The summed E-state index contributed by atoms with van der Waals surface area (Å²) in [7, 11) is 2.64.